The summed E-state index contributed by atoms with van der Waals surface area (Å²) in [5, 5.41) is 9.54. The third kappa shape index (κ3) is 4.63. The molecule has 168 valence electrons. The van der Waals surface area contributed by atoms with E-state index in [2.05, 4.69) is 36.8 Å². The minimum Gasteiger partial charge on any atom is -0.378 e. The fraction of sp³-hybridized carbons (Fsp3) is 0.391. The van der Waals surface area contributed by atoms with Crippen LogP contribution in [0.4, 0.5) is 5.95 Å². The summed E-state index contributed by atoms with van der Waals surface area (Å²) in [6.07, 6.45) is 0. The van der Waals surface area contributed by atoms with Crippen molar-refractivity contribution in [2.45, 2.75) is 32.5 Å². The van der Waals surface area contributed by atoms with Crippen molar-refractivity contribution in [2.24, 2.45) is 0 Å². The molecular formula is C23H27N5O3S. The molecule has 0 bridgehead atoms. The van der Waals surface area contributed by atoms with E-state index in [1.54, 1.807) is 0 Å². The monoisotopic (exact) mass is 453 g/mol. The second-order valence-corrected chi connectivity index (χ2v) is 8.79. The Labute approximate surface area is 191 Å². The number of nitrogens with one attached hydrogen (secondary N) is 1. The maximum atomic E-state index is 13.0. The number of aromatic nitrogens is 4. The number of anilines is 1. The molecule has 4 rings (SSSR count). The zero-order valence-corrected chi connectivity index (χ0v) is 19.4. The van der Waals surface area contributed by atoms with Crippen LogP contribution in [0.3, 0.4) is 0 Å². The van der Waals surface area contributed by atoms with Crippen molar-refractivity contribution in [1.82, 2.24) is 19.7 Å². The Balaban J connectivity index is 1.56. The van der Waals surface area contributed by atoms with Crippen LogP contribution in [0.5, 0.6) is 0 Å². The Morgan fingerprint density at radius 3 is 2.50 bits per heavy atom. The van der Waals surface area contributed by atoms with Crippen molar-refractivity contribution in [3.8, 4) is 0 Å². The van der Waals surface area contributed by atoms with Crippen molar-refractivity contribution in [2.75, 3.05) is 37.0 Å². The number of carbonyl (C=O) groups is 2. The quantitative estimate of drug-likeness (QED) is 0.413. The van der Waals surface area contributed by atoms with Gasteiger partial charge in [0.1, 0.15) is 0 Å². The summed E-state index contributed by atoms with van der Waals surface area (Å²) in [4.78, 5) is 30.1. The van der Waals surface area contributed by atoms with Gasteiger partial charge in [-0.2, -0.15) is 0 Å². The molecule has 2 aromatic heterocycles. The summed E-state index contributed by atoms with van der Waals surface area (Å²) < 4.78 is 7.54. The van der Waals surface area contributed by atoms with Gasteiger partial charge in [-0.25, -0.2) is 0 Å². The van der Waals surface area contributed by atoms with E-state index in [0.29, 0.717) is 41.7 Å². The zero-order chi connectivity index (χ0) is 22.7. The van der Waals surface area contributed by atoms with Crippen LogP contribution in [0.2, 0.25) is 0 Å². The molecule has 0 atom stereocenters. The van der Waals surface area contributed by atoms with Crippen LogP contribution in [0.15, 0.2) is 35.5 Å². The van der Waals surface area contributed by atoms with Gasteiger partial charge in [-0.15, -0.1) is 10.2 Å². The number of rotatable bonds is 8. The van der Waals surface area contributed by atoms with Crippen LogP contribution in [0.1, 0.15) is 44.6 Å². The highest BCUT2D eigenvalue weighted by atomic mass is 32.2. The molecule has 0 amide bonds. The van der Waals surface area contributed by atoms with Crippen LogP contribution >= 0.6 is 11.8 Å². The number of hydrogen-bond acceptors (Lipinski definition) is 7. The molecule has 32 heavy (non-hydrogen) atoms. The number of nitrogens with zero attached hydrogens (tertiary/aromatic N) is 4. The van der Waals surface area contributed by atoms with E-state index < -0.39 is 0 Å². The summed E-state index contributed by atoms with van der Waals surface area (Å²) in [6.45, 7) is 8.59. The Bertz CT molecular complexity index is 1120. The molecule has 1 saturated heterocycles. The number of H-pyrrole nitrogens is 1. The largest absolute Gasteiger partial charge is 0.378 e. The smallest absolute Gasteiger partial charge is 0.228 e. The lowest BCUT2D eigenvalue weighted by Gasteiger charge is -2.28. The molecule has 1 aliphatic heterocycles. The summed E-state index contributed by atoms with van der Waals surface area (Å²) >= 11 is 1.36. The lowest BCUT2D eigenvalue weighted by atomic mass is 10.1. The first-order valence-electron chi connectivity index (χ1n) is 10.6. The Morgan fingerprint density at radius 1 is 1.12 bits per heavy atom. The molecule has 9 heteroatoms. The molecule has 0 spiro atoms. The number of aryl methyl sites for hydroxylation is 1. The molecule has 1 aliphatic rings. The second-order valence-electron chi connectivity index (χ2n) is 7.85. The zero-order valence-electron chi connectivity index (χ0n) is 18.6. The molecule has 0 radical (unpaired) electrons. The van der Waals surface area contributed by atoms with Gasteiger partial charge in [-0.05, 0) is 31.9 Å². The average molecular weight is 454 g/mol. The van der Waals surface area contributed by atoms with E-state index >= 15 is 0 Å². The number of aromatic amines is 1. The number of benzene rings is 1. The molecule has 1 fully saturated rings. The van der Waals surface area contributed by atoms with Crippen LogP contribution in [-0.4, -0.2) is 63.4 Å². The third-order valence-corrected chi connectivity index (χ3v) is 6.54. The van der Waals surface area contributed by atoms with Crippen LogP contribution in [0.25, 0.3) is 0 Å². The molecule has 3 heterocycles. The molecule has 1 N–H and O–H groups in total. The first-order valence-corrected chi connectivity index (χ1v) is 11.6. The lowest BCUT2D eigenvalue weighted by Crippen LogP contribution is -2.38. The van der Waals surface area contributed by atoms with Crippen molar-refractivity contribution in [3.63, 3.8) is 0 Å². The fourth-order valence-electron chi connectivity index (χ4n) is 4.05. The van der Waals surface area contributed by atoms with Crippen molar-refractivity contribution in [3.05, 3.63) is 58.4 Å². The van der Waals surface area contributed by atoms with Crippen molar-refractivity contribution in [1.29, 1.82) is 0 Å². The third-order valence-electron chi connectivity index (χ3n) is 5.58. The molecule has 0 saturated carbocycles. The fourth-order valence-corrected chi connectivity index (χ4v) is 4.85. The van der Waals surface area contributed by atoms with E-state index in [-0.39, 0.29) is 17.3 Å². The molecule has 8 nitrogen and oxygen atoms in total. The Morgan fingerprint density at radius 2 is 1.84 bits per heavy atom. The molecule has 0 unspecified atom stereocenters. The van der Waals surface area contributed by atoms with E-state index in [9.17, 15) is 9.59 Å². The Hall–Kier alpha value is -2.91. The van der Waals surface area contributed by atoms with E-state index in [4.69, 9.17) is 4.74 Å². The minimum absolute atomic E-state index is 0.0410. The standard InChI is InChI=1S/C23H27N5O3S/c1-15-20(17(3)29)16(2)24-21(15)19(30)14-32-23-26-25-22(27-9-11-31-12-10-27)28(23)13-18-7-5-4-6-8-18/h4-8,24H,9-14H2,1-3H3. The summed E-state index contributed by atoms with van der Waals surface area (Å²) in [7, 11) is 0. The first kappa shape index (κ1) is 22.3. The molecule has 1 aromatic carbocycles. The normalized spacial score (nSPS) is 14.0. The van der Waals surface area contributed by atoms with Gasteiger partial charge in [0.2, 0.25) is 5.95 Å². The number of ketones is 2. The van der Waals surface area contributed by atoms with Gasteiger partial charge < -0.3 is 14.6 Å². The number of Topliss-reactive ketones (excluding diaryl/α,β-unsaturated/α-hetero) is 2. The van der Waals surface area contributed by atoms with Crippen LogP contribution in [0, 0.1) is 13.8 Å². The van der Waals surface area contributed by atoms with E-state index in [1.807, 2.05) is 32.0 Å². The van der Waals surface area contributed by atoms with Crippen molar-refractivity contribution < 1.29 is 14.3 Å². The minimum atomic E-state index is -0.0646. The highest BCUT2D eigenvalue weighted by Crippen LogP contribution is 2.26. The van der Waals surface area contributed by atoms with Gasteiger partial charge >= 0.3 is 0 Å². The second kappa shape index (κ2) is 9.70. The van der Waals surface area contributed by atoms with Gasteiger partial charge in [0.25, 0.3) is 0 Å². The Kier molecular flexibility index (Phi) is 6.76. The summed E-state index contributed by atoms with van der Waals surface area (Å²) in [5.74, 6) is 0.887. The average Bonchev–Trinajstić information content (AvgIpc) is 3.33. The number of ether oxygens (including phenoxy) is 1. The van der Waals surface area contributed by atoms with Gasteiger partial charge in [0.15, 0.2) is 16.7 Å². The molecule has 0 aliphatic carbocycles. The molecule has 3 aromatic rings. The van der Waals surface area contributed by atoms with E-state index in [1.165, 1.54) is 18.7 Å². The highest BCUT2D eigenvalue weighted by Gasteiger charge is 2.23. The van der Waals surface area contributed by atoms with Gasteiger partial charge in [0.05, 0.1) is 31.2 Å². The van der Waals surface area contributed by atoms with Gasteiger partial charge in [-0.1, -0.05) is 42.1 Å². The van der Waals surface area contributed by atoms with Crippen LogP contribution in [-0.2, 0) is 11.3 Å². The lowest BCUT2D eigenvalue weighted by molar-refractivity contribution is 0.101. The van der Waals surface area contributed by atoms with Crippen molar-refractivity contribution >= 4 is 29.3 Å². The van der Waals surface area contributed by atoms with Gasteiger partial charge in [0, 0.05) is 24.3 Å². The predicted octanol–water partition coefficient (Wildman–Crippen LogP) is 3.29. The van der Waals surface area contributed by atoms with Gasteiger partial charge in [-0.3, -0.25) is 14.2 Å². The predicted molar refractivity (Wildman–Crippen MR) is 124 cm³/mol. The summed E-state index contributed by atoms with van der Waals surface area (Å²) in [6, 6.07) is 10.1. The number of morpholine rings is 1. The van der Waals surface area contributed by atoms with E-state index in [0.717, 1.165) is 30.3 Å². The molecular weight excluding hydrogens is 426 g/mol. The SMILES string of the molecule is CC(=O)c1c(C)[nH]c(C(=O)CSc2nnc(N3CCOCC3)n2Cc2ccccc2)c1C. The highest BCUT2D eigenvalue weighted by molar-refractivity contribution is 7.99. The summed E-state index contributed by atoms with van der Waals surface area (Å²) in [5.41, 5.74) is 3.66. The van der Waals surface area contributed by atoms with Crippen LogP contribution < -0.4 is 4.90 Å². The number of thioether (sulfide) groups is 1. The first-order chi connectivity index (χ1) is 15.5. The maximum absolute atomic E-state index is 13.0. The number of carbonyl (C=O) groups excluding carboxylic acids is 2. The maximum Gasteiger partial charge on any atom is 0.228 e. The topological polar surface area (TPSA) is 93.1 Å². The number of hydrogen-bond donors (Lipinski definition) is 1.